The first-order valence-electron chi connectivity index (χ1n) is 5.25. The van der Waals surface area contributed by atoms with E-state index in [1.807, 2.05) is 6.92 Å². The Morgan fingerprint density at radius 1 is 1.21 bits per heavy atom. The lowest BCUT2D eigenvalue weighted by Gasteiger charge is -2.26. The molecule has 1 saturated carbocycles. The molecular formula is C11H17N3. The molecule has 0 saturated heterocycles. The Morgan fingerprint density at radius 2 is 1.86 bits per heavy atom. The second-order valence-electron chi connectivity index (χ2n) is 4.38. The van der Waals surface area contributed by atoms with Crippen molar-refractivity contribution in [1.29, 1.82) is 0 Å². The minimum atomic E-state index is 0.237. The number of anilines is 1. The Kier molecular flexibility index (Phi) is 2.40. The Hall–Kier alpha value is -1.12. The number of aromatic nitrogens is 2. The zero-order valence-electron chi connectivity index (χ0n) is 8.88. The van der Waals surface area contributed by atoms with E-state index in [9.17, 15) is 0 Å². The van der Waals surface area contributed by atoms with Crippen LogP contribution in [-0.2, 0) is 0 Å². The first-order chi connectivity index (χ1) is 6.70. The van der Waals surface area contributed by atoms with Crippen LogP contribution in [-0.4, -0.2) is 15.5 Å². The third-order valence-electron chi connectivity index (χ3n) is 3.01. The molecule has 0 spiro atoms. The highest BCUT2D eigenvalue weighted by molar-refractivity contribution is 5.41. The molecule has 14 heavy (non-hydrogen) atoms. The molecule has 0 aliphatic heterocycles. The maximum Gasteiger partial charge on any atom is 0.147 e. The lowest BCUT2D eigenvalue weighted by Crippen LogP contribution is -2.31. The molecule has 76 valence electrons. The van der Waals surface area contributed by atoms with Crippen molar-refractivity contribution in [2.45, 2.75) is 45.1 Å². The van der Waals surface area contributed by atoms with Crippen molar-refractivity contribution in [2.24, 2.45) is 0 Å². The second-order valence-corrected chi connectivity index (χ2v) is 4.38. The maximum absolute atomic E-state index is 4.31. The number of nitrogens with zero attached hydrogens (tertiary/aromatic N) is 2. The van der Waals surface area contributed by atoms with Gasteiger partial charge in [-0.1, -0.05) is 12.8 Å². The van der Waals surface area contributed by atoms with Gasteiger partial charge < -0.3 is 5.32 Å². The fraction of sp³-hybridized carbons (Fsp3) is 0.636. The largest absolute Gasteiger partial charge is 0.363 e. The van der Waals surface area contributed by atoms with Gasteiger partial charge in [0.1, 0.15) is 5.82 Å². The van der Waals surface area contributed by atoms with Crippen LogP contribution in [0.4, 0.5) is 5.82 Å². The van der Waals surface area contributed by atoms with E-state index in [2.05, 4.69) is 22.2 Å². The number of rotatable bonds is 2. The molecule has 0 unspecified atom stereocenters. The van der Waals surface area contributed by atoms with Crippen LogP contribution in [0.15, 0.2) is 12.4 Å². The molecule has 1 heterocycles. The van der Waals surface area contributed by atoms with Crippen molar-refractivity contribution in [2.75, 3.05) is 5.32 Å². The molecular weight excluding hydrogens is 174 g/mol. The van der Waals surface area contributed by atoms with Gasteiger partial charge in [0.2, 0.25) is 0 Å². The summed E-state index contributed by atoms with van der Waals surface area (Å²) in [7, 11) is 0. The highest BCUT2D eigenvalue weighted by atomic mass is 15.1. The van der Waals surface area contributed by atoms with Gasteiger partial charge in [-0.2, -0.15) is 0 Å². The number of aryl methyl sites for hydroxylation is 1. The second kappa shape index (κ2) is 3.56. The van der Waals surface area contributed by atoms with Crippen molar-refractivity contribution in [3.05, 3.63) is 18.1 Å². The van der Waals surface area contributed by atoms with Crippen LogP contribution in [0.25, 0.3) is 0 Å². The number of hydrogen-bond donors (Lipinski definition) is 1. The van der Waals surface area contributed by atoms with Crippen molar-refractivity contribution in [3.63, 3.8) is 0 Å². The summed E-state index contributed by atoms with van der Waals surface area (Å²) in [6.45, 7) is 4.27. The summed E-state index contributed by atoms with van der Waals surface area (Å²) in [5.74, 6) is 0.942. The summed E-state index contributed by atoms with van der Waals surface area (Å²) >= 11 is 0. The summed E-state index contributed by atoms with van der Waals surface area (Å²) in [5.41, 5.74) is 1.22. The van der Waals surface area contributed by atoms with Crippen LogP contribution in [0.3, 0.4) is 0 Å². The van der Waals surface area contributed by atoms with Gasteiger partial charge in [-0.15, -0.1) is 0 Å². The lowest BCUT2D eigenvalue weighted by molar-refractivity contribution is 0.530. The zero-order chi connectivity index (χ0) is 10.0. The number of hydrogen-bond acceptors (Lipinski definition) is 3. The topological polar surface area (TPSA) is 37.8 Å². The Labute approximate surface area is 85.0 Å². The normalized spacial score (nSPS) is 19.6. The summed E-state index contributed by atoms with van der Waals surface area (Å²) in [4.78, 5) is 8.54. The van der Waals surface area contributed by atoms with E-state index in [1.54, 1.807) is 12.4 Å². The number of nitrogens with one attached hydrogen (secondary N) is 1. The van der Waals surface area contributed by atoms with Crippen LogP contribution in [0.2, 0.25) is 0 Å². The van der Waals surface area contributed by atoms with Crippen molar-refractivity contribution >= 4 is 5.82 Å². The van der Waals surface area contributed by atoms with Gasteiger partial charge >= 0.3 is 0 Å². The quantitative estimate of drug-likeness (QED) is 0.780. The highest BCUT2D eigenvalue weighted by Crippen LogP contribution is 2.32. The van der Waals surface area contributed by atoms with Crippen molar-refractivity contribution in [3.8, 4) is 0 Å². The lowest BCUT2D eigenvalue weighted by atomic mass is 10.0. The molecule has 0 amide bonds. The minimum absolute atomic E-state index is 0.237. The van der Waals surface area contributed by atoms with Crippen LogP contribution < -0.4 is 5.32 Å². The molecule has 1 aliphatic carbocycles. The average Bonchev–Trinajstić information content (AvgIpc) is 2.57. The van der Waals surface area contributed by atoms with Gasteiger partial charge in [-0.05, 0) is 26.7 Å². The molecule has 2 rings (SSSR count). The standard InChI is InChI=1S/C11H17N3/c1-9-10(13-8-7-12-9)14-11(2)5-3-4-6-11/h7-8H,3-6H2,1-2H3,(H,13,14). The average molecular weight is 191 g/mol. The predicted molar refractivity (Wildman–Crippen MR) is 57.3 cm³/mol. The first-order valence-corrected chi connectivity index (χ1v) is 5.25. The molecule has 3 heteroatoms. The molecule has 1 aliphatic rings. The van der Waals surface area contributed by atoms with Crippen LogP contribution >= 0.6 is 0 Å². The monoisotopic (exact) mass is 191 g/mol. The molecule has 1 aromatic heterocycles. The summed E-state index contributed by atoms with van der Waals surface area (Å²) in [6, 6.07) is 0. The van der Waals surface area contributed by atoms with Crippen molar-refractivity contribution in [1.82, 2.24) is 9.97 Å². The fourth-order valence-electron chi connectivity index (χ4n) is 2.10. The molecule has 1 N–H and O–H groups in total. The molecule has 0 atom stereocenters. The van der Waals surface area contributed by atoms with E-state index in [4.69, 9.17) is 0 Å². The van der Waals surface area contributed by atoms with Gasteiger partial charge in [-0.25, -0.2) is 4.98 Å². The fourth-order valence-corrected chi connectivity index (χ4v) is 2.10. The highest BCUT2D eigenvalue weighted by Gasteiger charge is 2.28. The SMILES string of the molecule is Cc1nccnc1NC1(C)CCCC1. The van der Waals surface area contributed by atoms with Crippen LogP contribution in [0.1, 0.15) is 38.3 Å². The smallest absolute Gasteiger partial charge is 0.147 e. The van der Waals surface area contributed by atoms with Gasteiger partial charge in [-0.3, -0.25) is 4.98 Å². The molecule has 0 bridgehead atoms. The third-order valence-corrected chi connectivity index (χ3v) is 3.01. The molecule has 1 aromatic rings. The van der Waals surface area contributed by atoms with E-state index in [0.29, 0.717) is 0 Å². The van der Waals surface area contributed by atoms with Gasteiger partial charge in [0.15, 0.2) is 0 Å². The molecule has 1 fully saturated rings. The van der Waals surface area contributed by atoms with Gasteiger partial charge in [0.05, 0.1) is 5.69 Å². The third kappa shape index (κ3) is 1.86. The van der Waals surface area contributed by atoms with Crippen LogP contribution in [0.5, 0.6) is 0 Å². The first kappa shape index (κ1) is 9.44. The zero-order valence-corrected chi connectivity index (χ0v) is 8.88. The van der Waals surface area contributed by atoms with E-state index in [1.165, 1.54) is 25.7 Å². The maximum atomic E-state index is 4.31. The molecule has 0 aromatic carbocycles. The summed E-state index contributed by atoms with van der Waals surface area (Å²) < 4.78 is 0. The Morgan fingerprint density at radius 3 is 2.50 bits per heavy atom. The summed E-state index contributed by atoms with van der Waals surface area (Å²) in [6.07, 6.45) is 8.60. The minimum Gasteiger partial charge on any atom is -0.363 e. The van der Waals surface area contributed by atoms with Gasteiger partial charge in [0, 0.05) is 17.9 Å². The van der Waals surface area contributed by atoms with E-state index < -0.39 is 0 Å². The van der Waals surface area contributed by atoms with Crippen LogP contribution in [0, 0.1) is 6.92 Å². The predicted octanol–water partition coefficient (Wildman–Crippen LogP) is 2.53. The van der Waals surface area contributed by atoms with Gasteiger partial charge in [0.25, 0.3) is 0 Å². The van der Waals surface area contributed by atoms with E-state index in [-0.39, 0.29) is 5.54 Å². The Balaban J connectivity index is 2.14. The Bertz CT molecular complexity index is 316. The van der Waals surface area contributed by atoms with E-state index in [0.717, 1.165) is 11.5 Å². The van der Waals surface area contributed by atoms with E-state index >= 15 is 0 Å². The molecule has 0 radical (unpaired) electrons. The summed E-state index contributed by atoms with van der Waals surface area (Å²) in [5, 5.41) is 3.51. The van der Waals surface area contributed by atoms with Crippen molar-refractivity contribution < 1.29 is 0 Å². The molecule has 3 nitrogen and oxygen atoms in total.